The Bertz CT molecular complexity index is 1970. The fourth-order valence-electron chi connectivity index (χ4n) is 6.55. The molecule has 40 heavy (non-hydrogen) atoms. The van der Waals surface area contributed by atoms with E-state index >= 15 is 0 Å². The predicted octanol–water partition coefficient (Wildman–Crippen LogP) is 9.44. The summed E-state index contributed by atoms with van der Waals surface area (Å²) in [6.45, 7) is 11.4. The summed E-state index contributed by atoms with van der Waals surface area (Å²) in [5.74, 6) is 0. The van der Waals surface area contributed by atoms with Gasteiger partial charge in [0, 0.05) is 22.1 Å². The van der Waals surface area contributed by atoms with Gasteiger partial charge in [0.25, 0.3) is 0 Å². The topological polar surface area (TPSA) is 34.1 Å². The molecule has 1 aliphatic carbocycles. The Morgan fingerprint density at radius 2 is 1.15 bits per heavy atom. The third-order valence-corrected chi connectivity index (χ3v) is 10.7. The van der Waals surface area contributed by atoms with Crippen molar-refractivity contribution in [2.45, 2.75) is 55.2 Å². The third-order valence-electron chi connectivity index (χ3n) is 8.80. The van der Waals surface area contributed by atoms with Crippen molar-refractivity contribution in [2.24, 2.45) is 0 Å². The van der Waals surface area contributed by atoms with Crippen LogP contribution in [0.4, 0.5) is 0 Å². The predicted molar refractivity (Wildman–Crippen MR) is 164 cm³/mol. The molecule has 0 saturated heterocycles. The van der Waals surface area contributed by atoms with Gasteiger partial charge in [0.2, 0.25) is 9.84 Å². The van der Waals surface area contributed by atoms with Crippen LogP contribution in [0.15, 0.2) is 113 Å². The van der Waals surface area contributed by atoms with E-state index < -0.39 is 9.84 Å². The van der Waals surface area contributed by atoms with Crippen LogP contribution < -0.4 is 0 Å². The zero-order valence-corrected chi connectivity index (χ0v) is 24.4. The number of rotatable bonds is 2. The quantitative estimate of drug-likeness (QED) is 0.219. The van der Waals surface area contributed by atoms with Gasteiger partial charge >= 0.3 is 0 Å². The van der Waals surface area contributed by atoms with Gasteiger partial charge in [0.05, 0.1) is 9.79 Å². The van der Waals surface area contributed by atoms with Crippen molar-refractivity contribution in [1.82, 2.24) is 0 Å². The number of hydrogen-bond donors (Lipinski definition) is 0. The Morgan fingerprint density at radius 3 is 1.93 bits per heavy atom. The van der Waals surface area contributed by atoms with Crippen LogP contribution in [-0.2, 0) is 20.7 Å². The van der Waals surface area contributed by atoms with Crippen LogP contribution in [0, 0.1) is 0 Å². The second kappa shape index (κ2) is 8.28. The molecular weight excluding hydrogens is 508 g/mol. The molecule has 1 aliphatic heterocycles. The summed E-state index contributed by atoms with van der Waals surface area (Å²) in [6.07, 6.45) is 0. The van der Waals surface area contributed by atoms with Crippen molar-refractivity contribution >= 4 is 9.84 Å². The van der Waals surface area contributed by atoms with Crippen molar-refractivity contribution in [3.63, 3.8) is 0 Å². The van der Waals surface area contributed by atoms with Crippen molar-refractivity contribution in [1.29, 1.82) is 0 Å². The largest absolute Gasteiger partial charge is 0.218 e. The smallest absolute Gasteiger partial charge is 0.208 e. The van der Waals surface area contributed by atoms with E-state index in [0.717, 1.165) is 33.4 Å². The standard InChI is InChI=1S/C37H32O2S/c1-36(2,3)26-17-19-29-28-18-16-24(21-32(28)37(4,5)33(29)22-26)23-10-8-11-25(20-23)27-13-9-14-31-30-12-6-7-15-34(30)40(38,39)35(27)31/h6-22H,1-5H3. The van der Waals surface area contributed by atoms with E-state index in [2.05, 4.69) is 83.1 Å². The molecule has 0 aromatic heterocycles. The highest BCUT2D eigenvalue weighted by Crippen LogP contribution is 2.51. The molecule has 0 unspecified atom stereocenters. The highest BCUT2D eigenvalue weighted by molar-refractivity contribution is 7.92. The lowest BCUT2D eigenvalue weighted by atomic mass is 9.78. The molecule has 0 bridgehead atoms. The average molecular weight is 541 g/mol. The van der Waals surface area contributed by atoms with Crippen LogP contribution in [0.1, 0.15) is 51.3 Å². The highest BCUT2D eigenvalue weighted by atomic mass is 32.2. The molecule has 0 amide bonds. The second-order valence-corrected chi connectivity index (χ2v) is 14.5. The van der Waals surface area contributed by atoms with E-state index in [4.69, 9.17) is 0 Å². The molecule has 2 aliphatic rings. The molecule has 5 aromatic carbocycles. The van der Waals surface area contributed by atoms with Gasteiger partial charge < -0.3 is 0 Å². The Hall–Kier alpha value is -3.95. The SMILES string of the molecule is CC(C)(C)c1ccc2c(c1)C(C)(C)c1cc(-c3cccc(-c4cccc5c4S(=O)(=O)c4ccccc4-5)c3)ccc1-2. The van der Waals surface area contributed by atoms with Crippen molar-refractivity contribution < 1.29 is 8.42 Å². The van der Waals surface area contributed by atoms with Crippen LogP contribution in [0.2, 0.25) is 0 Å². The lowest BCUT2D eigenvalue weighted by molar-refractivity contribution is 0.584. The number of benzene rings is 5. The van der Waals surface area contributed by atoms with Crippen LogP contribution >= 0.6 is 0 Å². The Kier molecular flexibility index (Phi) is 5.19. The van der Waals surface area contributed by atoms with E-state index in [-0.39, 0.29) is 10.8 Å². The first kappa shape index (κ1) is 25.0. The van der Waals surface area contributed by atoms with Crippen LogP contribution in [0.3, 0.4) is 0 Å². The maximum Gasteiger partial charge on any atom is 0.208 e. The molecule has 0 spiro atoms. The third kappa shape index (κ3) is 3.50. The lowest BCUT2D eigenvalue weighted by Gasteiger charge is -2.25. The molecule has 1 heterocycles. The molecular formula is C37H32O2S. The Morgan fingerprint density at radius 1 is 0.550 bits per heavy atom. The van der Waals surface area contributed by atoms with Crippen molar-refractivity contribution in [3.05, 3.63) is 120 Å². The number of hydrogen-bond acceptors (Lipinski definition) is 2. The van der Waals surface area contributed by atoms with Crippen molar-refractivity contribution in [3.8, 4) is 44.5 Å². The lowest BCUT2D eigenvalue weighted by Crippen LogP contribution is -2.17. The van der Waals surface area contributed by atoms with Gasteiger partial charge in [-0.15, -0.1) is 0 Å². The van der Waals surface area contributed by atoms with Crippen LogP contribution in [-0.4, -0.2) is 8.42 Å². The molecule has 7 rings (SSSR count). The van der Waals surface area contributed by atoms with E-state index in [1.165, 1.54) is 27.8 Å². The molecule has 198 valence electrons. The van der Waals surface area contributed by atoms with Gasteiger partial charge in [0.1, 0.15) is 0 Å². The van der Waals surface area contributed by atoms with Gasteiger partial charge in [-0.25, -0.2) is 8.42 Å². The minimum Gasteiger partial charge on any atom is -0.218 e. The molecule has 5 aromatic rings. The van der Waals surface area contributed by atoms with Gasteiger partial charge in [-0.3, -0.25) is 0 Å². The zero-order valence-electron chi connectivity index (χ0n) is 23.5. The highest BCUT2D eigenvalue weighted by Gasteiger charge is 2.37. The van der Waals surface area contributed by atoms with E-state index in [1.807, 2.05) is 42.5 Å². The molecule has 2 nitrogen and oxygen atoms in total. The summed E-state index contributed by atoms with van der Waals surface area (Å²) in [5.41, 5.74) is 12.1. The summed E-state index contributed by atoms with van der Waals surface area (Å²) in [6, 6.07) is 35.1. The van der Waals surface area contributed by atoms with E-state index in [9.17, 15) is 8.42 Å². The Balaban J connectivity index is 1.33. The Labute approximate surface area is 237 Å². The van der Waals surface area contributed by atoms with Crippen molar-refractivity contribution in [2.75, 3.05) is 0 Å². The molecule has 0 N–H and O–H groups in total. The maximum absolute atomic E-state index is 13.6. The van der Waals surface area contributed by atoms with E-state index in [1.54, 1.807) is 12.1 Å². The molecule has 0 atom stereocenters. The number of sulfone groups is 1. The first-order chi connectivity index (χ1) is 19.0. The first-order valence-electron chi connectivity index (χ1n) is 13.9. The molecule has 0 fully saturated rings. The second-order valence-electron chi connectivity index (χ2n) is 12.7. The monoisotopic (exact) mass is 540 g/mol. The zero-order chi connectivity index (χ0) is 28.0. The molecule has 0 saturated carbocycles. The van der Waals surface area contributed by atoms with Gasteiger partial charge in [0.15, 0.2) is 0 Å². The summed E-state index contributed by atoms with van der Waals surface area (Å²) >= 11 is 0. The van der Waals surface area contributed by atoms with Gasteiger partial charge in [-0.05, 0) is 68.1 Å². The normalized spacial score (nSPS) is 15.7. The van der Waals surface area contributed by atoms with Crippen LogP contribution in [0.5, 0.6) is 0 Å². The fourth-order valence-corrected chi connectivity index (χ4v) is 8.44. The summed E-state index contributed by atoms with van der Waals surface area (Å²) in [5, 5.41) is 0. The first-order valence-corrected chi connectivity index (χ1v) is 15.3. The summed E-state index contributed by atoms with van der Waals surface area (Å²) < 4.78 is 27.2. The van der Waals surface area contributed by atoms with E-state index in [0.29, 0.717) is 9.79 Å². The summed E-state index contributed by atoms with van der Waals surface area (Å²) in [4.78, 5) is 0.803. The minimum atomic E-state index is -3.59. The fraction of sp³-hybridized carbons (Fsp3) is 0.189. The van der Waals surface area contributed by atoms with Gasteiger partial charge in [-0.1, -0.05) is 120 Å². The maximum atomic E-state index is 13.6. The van der Waals surface area contributed by atoms with Gasteiger partial charge in [-0.2, -0.15) is 0 Å². The number of fused-ring (bicyclic) bond motifs is 6. The van der Waals surface area contributed by atoms with Crippen LogP contribution in [0.25, 0.3) is 44.5 Å². The summed E-state index contributed by atoms with van der Waals surface area (Å²) in [7, 11) is -3.59. The molecule has 0 radical (unpaired) electrons. The molecule has 3 heteroatoms. The average Bonchev–Trinajstić information content (AvgIpc) is 3.32. The minimum absolute atomic E-state index is 0.0952.